The smallest absolute Gasteiger partial charge is 0.337 e. The largest absolute Gasteiger partial charge is 0.497 e. The summed E-state index contributed by atoms with van der Waals surface area (Å²) in [5.74, 6) is -3.00. The first kappa shape index (κ1) is 17.7. The molecule has 0 saturated carbocycles. The van der Waals surface area contributed by atoms with Gasteiger partial charge < -0.3 is 15.2 Å². The second-order valence-corrected chi connectivity index (χ2v) is 5.61. The molecule has 0 aromatic heterocycles. The van der Waals surface area contributed by atoms with Crippen molar-refractivity contribution in [3.8, 4) is 5.75 Å². The average molecular weight is 353 g/mol. The van der Waals surface area contributed by atoms with E-state index in [1.54, 1.807) is 31.4 Å². The molecule has 1 amide bonds. The van der Waals surface area contributed by atoms with Gasteiger partial charge in [-0.2, -0.15) is 0 Å². The number of thioether (sulfide) groups is 1. The van der Waals surface area contributed by atoms with Crippen LogP contribution in [0.1, 0.15) is 15.9 Å². The monoisotopic (exact) mass is 353 g/mol. The van der Waals surface area contributed by atoms with Gasteiger partial charge in [0.1, 0.15) is 5.75 Å². The van der Waals surface area contributed by atoms with Crippen LogP contribution in [-0.2, 0) is 5.75 Å². The van der Waals surface area contributed by atoms with Gasteiger partial charge in [0.2, 0.25) is 0 Å². The van der Waals surface area contributed by atoms with Gasteiger partial charge in [0.15, 0.2) is 11.6 Å². The number of halogens is 2. The van der Waals surface area contributed by atoms with Gasteiger partial charge in [0.05, 0.1) is 18.4 Å². The van der Waals surface area contributed by atoms with Crippen LogP contribution in [0.15, 0.2) is 36.4 Å². The van der Waals surface area contributed by atoms with Crippen molar-refractivity contribution in [1.82, 2.24) is 0 Å². The Morgan fingerprint density at radius 3 is 2.38 bits per heavy atom. The number of amides is 1. The highest BCUT2D eigenvalue weighted by Crippen LogP contribution is 2.23. The average Bonchev–Trinajstić information content (AvgIpc) is 2.56. The van der Waals surface area contributed by atoms with Crippen LogP contribution in [-0.4, -0.2) is 23.4 Å². The molecule has 2 rings (SSSR count). The van der Waals surface area contributed by atoms with Crippen LogP contribution in [0, 0.1) is 11.6 Å². The first-order valence-electron chi connectivity index (χ1n) is 6.69. The van der Waals surface area contributed by atoms with Crippen LogP contribution in [0.5, 0.6) is 5.75 Å². The molecule has 24 heavy (non-hydrogen) atoms. The molecule has 2 aromatic rings. The van der Waals surface area contributed by atoms with Crippen molar-refractivity contribution < 1.29 is 28.2 Å². The van der Waals surface area contributed by atoms with Gasteiger partial charge in [0.25, 0.3) is 5.24 Å². The lowest BCUT2D eigenvalue weighted by atomic mass is 10.1. The molecule has 0 saturated heterocycles. The quantitative estimate of drug-likeness (QED) is 0.845. The lowest BCUT2D eigenvalue weighted by Gasteiger charge is -2.09. The van der Waals surface area contributed by atoms with Crippen LogP contribution in [0.2, 0.25) is 0 Å². The number of nitrogens with one attached hydrogen (secondary N) is 1. The minimum atomic E-state index is -1.47. The molecular formula is C16H13F2NO4S. The highest BCUT2D eigenvalue weighted by Gasteiger charge is 2.17. The zero-order valence-electron chi connectivity index (χ0n) is 12.5. The van der Waals surface area contributed by atoms with Crippen molar-refractivity contribution in [3.63, 3.8) is 0 Å². The second kappa shape index (κ2) is 7.78. The van der Waals surface area contributed by atoms with E-state index >= 15 is 0 Å². The van der Waals surface area contributed by atoms with Crippen molar-refractivity contribution >= 4 is 28.7 Å². The Hall–Kier alpha value is -2.61. The van der Waals surface area contributed by atoms with E-state index in [-0.39, 0.29) is 5.69 Å². The van der Waals surface area contributed by atoms with Crippen molar-refractivity contribution in [2.75, 3.05) is 12.4 Å². The molecule has 0 fully saturated rings. The Balaban J connectivity index is 2.04. The first-order chi connectivity index (χ1) is 11.4. The summed E-state index contributed by atoms with van der Waals surface area (Å²) in [5.41, 5.74) is 0.0284. The topological polar surface area (TPSA) is 75.6 Å². The number of rotatable bonds is 5. The van der Waals surface area contributed by atoms with E-state index in [0.29, 0.717) is 23.6 Å². The third-order valence-corrected chi connectivity index (χ3v) is 3.90. The van der Waals surface area contributed by atoms with Crippen LogP contribution in [0.4, 0.5) is 19.3 Å². The van der Waals surface area contributed by atoms with Crippen molar-refractivity contribution in [3.05, 3.63) is 59.2 Å². The highest BCUT2D eigenvalue weighted by atomic mass is 32.2. The Kier molecular flexibility index (Phi) is 5.75. The molecule has 2 N–H and O–H groups in total. The van der Waals surface area contributed by atoms with Crippen LogP contribution >= 0.6 is 11.8 Å². The first-order valence-corrected chi connectivity index (χ1v) is 7.68. The van der Waals surface area contributed by atoms with Crippen LogP contribution < -0.4 is 10.1 Å². The number of carboxylic acid groups (broad SMARTS) is 1. The molecule has 0 radical (unpaired) electrons. The standard InChI is InChI=1S/C16H13F2NO4S/c1-23-10-4-2-9(3-5-10)8-24-16(22)19-14-7-13(18)12(17)6-11(14)15(20)21/h2-7H,8H2,1H3,(H,19,22)(H,20,21). The molecule has 0 aliphatic heterocycles. The fourth-order valence-corrected chi connectivity index (χ4v) is 2.52. The summed E-state index contributed by atoms with van der Waals surface area (Å²) < 4.78 is 31.4. The Morgan fingerprint density at radius 1 is 1.17 bits per heavy atom. The highest BCUT2D eigenvalue weighted by molar-refractivity contribution is 8.13. The Bertz CT molecular complexity index is 765. The predicted octanol–water partition coefficient (Wildman–Crippen LogP) is 4.14. The van der Waals surface area contributed by atoms with E-state index in [9.17, 15) is 18.4 Å². The summed E-state index contributed by atoms with van der Waals surface area (Å²) in [6.07, 6.45) is 0. The van der Waals surface area contributed by atoms with E-state index in [2.05, 4.69) is 5.32 Å². The number of carbonyl (C=O) groups excluding carboxylic acids is 1. The summed E-state index contributed by atoms with van der Waals surface area (Å²) in [6, 6.07) is 8.21. The summed E-state index contributed by atoms with van der Waals surface area (Å²) >= 11 is 0.868. The number of ether oxygens (including phenoxy) is 1. The van der Waals surface area contributed by atoms with Crippen LogP contribution in [0.25, 0.3) is 0 Å². The molecule has 2 aromatic carbocycles. The summed E-state index contributed by atoms with van der Waals surface area (Å²) in [7, 11) is 1.54. The number of carboxylic acids is 1. The summed E-state index contributed by atoms with van der Waals surface area (Å²) in [4.78, 5) is 22.9. The molecule has 8 heteroatoms. The van der Waals surface area contributed by atoms with Crippen molar-refractivity contribution in [2.24, 2.45) is 0 Å². The number of benzene rings is 2. The summed E-state index contributed by atoms with van der Waals surface area (Å²) in [6.45, 7) is 0. The third-order valence-electron chi connectivity index (χ3n) is 3.06. The number of hydrogen-bond donors (Lipinski definition) is 2. The molecule has 0 heterocycles. The molecule has 5 nitrogen and oxygen atoms in total. The van der Waals surface area contributed by atoms with Crippen molar-refractivity contribution in [2.45, 2.75) is 5.75 Å². The number of anilines is 1. The minimum absolute atomic E-state index is 0.298. The van der Waals surface area contributed by atoms with Gasteiger partial charge in [-0.3, -0.25) is 4.79 Å². The molecular weight excluding hydrogens is 340 g/mol. The minimum Gasteiger partial charge on any atom is -0.497 e. The fraction of sp³-hybridized carbons (Fsp3) is 0.125. The van der Waals surface area contributed by atoms with E-state index in [1.807, 2.05) is 0 Å². The van der Waals surface area contributed by atoms with Gasteiger partial charge in [-0.15, -0.1) is 0 Å². The fourth-order valence-electron chi connectivity index (χ4n) is 1.84. The lowest BCUT2D eigenvalue weighted by Crippen LogP contribution is -2.11. The van der Waals surface area contributed by atoms with Gasteiger partial charge in [-0.25, -0.2) is 13.6 Å². The maximum Gasteiger partial charge on any atom is 0.337 e. The van der Waals surface area contributed by atoms with Gasteiger partial charge in [-0.05, 0) is 23.8 Å². The van der Waals surface area contributed by atoms with Crippen LogP contribution in [0.3, 0.4) is 0 Å². The zero-order chi connectivity index (χ0) is 17.7. The van der Waals surface area contributed by atoms with Gasteiger partial charge in [0, 0.05) is 11.8 Å². The number of methoxy groups -OCH3 is 1. The SMILES string of the molecule is COc1ccc(CSC(=O)Nc2cc(F)c(F)cc2C(=O)O)cc1. The Morgan fingerprint density at radius 2 is 1.79 bits per heavy atom. The maximum absolute atomic E-state index is 13.3. The van der Waals surface area contributed by atoms with Crippen molar-refractivity contribution in [1.29, 1.82) is 0 Å². The van der Waals surface area contributed by atoms with E-state index in [1.165, 1.54) is 0 Å². The molecule has 0 spiro atoms. The van der Waals surface area contributed by atoms with Gasteiger partial charge >= 0.3 is 5.97 Å². The zero-order valence-corrected chi connectivity index (χ0v) is 13.3. The Labute approximate surface area is 140 Å². The molecule has 126 valence electrons. The summed E-state index contributed by atoms with van der Waals surface area (Å²) in [5, 5.41) is 10.7. The van der Waals surface area contributed by atoms with E-state index in [4.69, 9.17) is 9.84 Å². The third kappa shape index (κ3) is 4.45. The predicted molar refractivity (Wildman–Crippen MR) is 86.6 cm³/mol. The molecule has 0 aliphatic rings. The molecule has 0 bridgehead atoms. The van der Waals surface area contributed by atoms with Gasteiger partial charge in [-0.1, -0.05) is 23.9 Å². The molecule has 0 atom stereocenters. The number of carbonyl (C=O) groups is 2. The lowest BCUT2D eigenvalue weighted by molar-refractivity contribution is 0.0697. The molecule has 0 unspecified atom stereocenters. The van der Waals surface area contributed by atoms with E-state index in [0.717, 1.165) is 17.3 Å². The number of aromatic carboxylic acids is 1. The normalized spacial score (nSPS) is 10.3. The second-order valence-electron chi connectivity index (χ2n) is 4.67. The number of hydrogen-bond acceptors (Lipinski definition) is 4. The maximum atomic E-state index is 13.3. The molecule has 0 aliphatic carbocycles. The van der Waals surface area contributed by atoms with E-state index < -0.39 is 28.4 Å².